The van der Waals surface area contributed by atoms with Crippen molar-refractivity contribution in [3.63, 3.8) is 0 Å². The van der Waals surface area contributed by atoms with E-state index in [9.17, 15) is 9.59 Å². The van der Waals surface area contributed by atoms with Crippen molar-refractivity contribution < 1.29 is 18.8 Å². The topological polar surface area (TPSA) is 75.9 Å². The van der Waals surface area contributed by atoms with Crippen molar-refractivity contribution in [1.29, 1.82) is 0 Å². The first-order valence-corrected chi connectivity index (χ1v) is 10.2. The van der Waals surface area contributed by atoms with Crippen LogP contribution >= 0.6 is 0 Å². The lowest BCUT2D eigenvalue weighted by atomic mass is 9.72. The number of carbonyl (C=O) groups excluding carboxylic acids is 2. The molecular formula is C20H29N3O4. The van der Waals surface area contributed by atoms with Gasteiger partial charge in [0.25, 0.3) is 5.91 Å². The summed E-state index contributed by atoms with van der Waals surface area (Å²) in [5.41, 5.74) is 0.946. The van der Waals surface area contributed by atoms with Gasteiger partial charge in [0.15, 0.2) is 0 Å². The zero-order valence-corrected chi connectivity index (χ0v) is 16.1. The van der Waals surface area contributed by atoms with Gasteiger partial charge < -0.3 is 19.1 Å². The Hall–Kier alpha value is -1.89. The number of piperidine rings is 2. The summed E-state index contributed by atoms with van der Waals surface area (Å²) in [5, 5.41) is 3.92. The number of aromatic nitrogens is 1. The van der Waals surface area contributed by atoms with E-state index in [1.165, 1.54) is 0 Å². The number of rotatable bonds is 4. The van der Waals surface area contributed by atoms with Gasteiger partial charge in [-0.15, -0.1) is 0 Å². The van der Waals surface area contributed by atoms with Crippen LogP contribution in [0.25, 0.3) is 0 Å². The molecule has 7 heteroatoms. The van der Waals surface area contributed by atoms with Crippen LogP contribution in [0.4, 0.5) is 0 Å². The highest BCUT2D eigenvalue weighted by atomic mass is 16.5. The Kier molecular flexibility index (Phi) is 5.21. The number of likely N-dealkylation sites (tertiary alicyclic amines) is 2. The fourth-order valence-corrected chi connectivity index (χ4v) is 4.63. The highest BCUT2D eigenvalue weighted by molar-refractivity contribution is 5.91. The number of nitrogens with zero attached hydrogens (tertiary/aromatic N) is 3. The number of amides is 2. The highest BCUT2D eigenvalue weighted by Gasteiger charge is 2.42. The lowest BCUT2D eigenvalue weighted by Gasteiger charge is -2.47. The van der Waals surface area contributed by atoms with Crippen LogP contribution in [0.15, 0.2) is 10.6 Å². The molecule has 0 unspecified atom stereocenters. The molecule has 3 aliphatic rings. The van der Waals surface area contributed by atoms with Gasteiger partial charge in [-0.2, -0.15) is 0 Å². The summed E-state index contributed by atoms with van der Waals surface area (Å²) in [6.07, 6.45) is 6.51. The highest BCUT2D eigenvalue weighted by Crippen LogP contribution is 2.40. The normalized spacial score (nSPS) is 25.4. The molecule has 4 heterocycles. The first-order valence-electron chi connectivity index (χ1n) is 10.2. The van der Waals surface area contributed by atoms with E-state index in [0.717, 1.165) is 63.9 Å². The van der Waals surface area contributed by atoms with Crippen molar-refractivity contribution in [3.05, 3.63) is 17.5 Å². The van der Waals surface area contributed by atoms with Crippen LogP contribution in [0.2, 0.25) is 0 Å². The van der Waals surface area contributed by atoms with E-state index in [1.807, 2.05) is 16.7 Å². The molecule has 0 radical (unpaired) electrons. The summed E-state index contributed by atoms with van der Waals surface area (Å²) < 4.78 is 10.9. The largest absolute Gasteiger partial charge is 0.376 e. The first kappa shape index (κ1) is 18.5. The van der Waals surface area contributed by atoms with Crippen molar-refractivity contribution in [1.82, 2.24) is 15.0 Å². The average molecular weight is 375 g/mol. The number of aryl methyl sites for hydroxylation is 1. The van der Waals surface area contributed by atoms with Gasteiger partial charge >= 0.3 is 0 Å². The van der Waals surface area contributed by atoms with E-state index in [0.29, 0.717) is 25.3 Å². The minimum Gasteiger partial charge on any atom is -0.376 e. The Morgan fingerprint density at radius 3 is 2.81 bits per heavy atom. The van der Waals surface area contributed by atoms with Crippen LogP contribution in [-0.2, 0) is 16.0 Å². The molecule has 0 saturated carbocycles. The van der Waals surface area contributed by atoms with Gasteiger partial charge in [0.1, 0.15) is 0 Å². The summed E-state index contributed by atoms with van der Waals surface area (Å²) in [5.74, 6) is 0.519. The van der Waals surface area contributed by atoms with Crippen LogP contribution in [0.5, 0.6) is 0 Å². The molecule has 1 spiro atoms. The summed E-state index contributed by atoms with van der Waals surface area (Å²) in [6.45, 7) is 5.75. The Balaban J connectivity index is 1.35. The van der Waals surface area contributed by atoms with Gasteiger partial charge in [-0.25, -0.2) is 0 Å². The third-order valence-corrected chi connectivity index (χ3v) is 6.44. The van der Waals surface area contributed by atoms with Crippen LogP contribution in [0.3, 0.4) is 0 Å². The molecule has 0 aliphatic carbocycles. The van der Waals surface area contributed by atoms with Crippen LogP contribution in [-0.4, -0.2) is 65.7 Å². The van der Waals surface area contributed by atoms with Crippen LogP contribution in [0, 0.1) is 5.41 Å². The molecule has 1 atom stereocenters. The Morgan fingerprint density at radius 1 is 1.33 bits per heavy atom. The van der Waals surface area contributed by atoms with Gasteiger partial charge in [0, 0.05) is 45.3 Å². The minimum absolute atomic E-state index is 0.0693. The number of hydrogen-bond acceptors (Lipinski definition) is 5. The number of hydrogen-bond donors (Lipinski definition) is 0. The quantitative estimate of drug-likeness (QED) is 0.807. The molecule has 3 fully saturated rings. The fourth-order valence-electron chi connectivity index (χ4n) is 4.63. The van der Waals surface area contributed by atoms with Gasteiger partial charge in [0.05, 0.1) is 11.8 Å². The van der Waals surface area contributed by atoms with Crippen molar-refractivity contribution in [2.75, 3.05) is 32.8 Å². The lowest BCUT2D eigenvalue weighted by molar-refractivity contribution is -0.141. The van der Waals surface area contributed by atoms with Gasteiger partial charge in [-0.3, -0.25) is 9.59 Å². The second-order valence-corrected chi connectivity index (χ2v) is 8.24. The smallest absolute Gasteiger partial charge is 0.292 e. The molecular weight excluding hydrogens is 346 g/mol. The lowest BCUT2D eigenvalue weighted by Crippen LogP contribution is -2.53. The monoisotopic (exact) mass is 375 g/mol. The van der Waals surface area contributed by atoms with Crippen molar-refractivity contribution in [3.8, 4) is 0 Å². The third kappa shape index (κ3) is 3.88. The van der Waals surface area contributed by atoms with Gasteiger partial charge in [0.2, 0.25) is 11.7 Å². The summed E-state index contributed by atoms with van der Waals surface area (Å²) in [4.78, 5) is 28.9. The average Bonchev–Trinajstić information content (AvgIpc) is 3.37. The summed E-state index contributed by atoms with van der Waals surface area (Å²) in [6, 6.07) is 1.75. The summed E-state index contributed by atoms with van der Waals surface area (Å²) in [7, 11) is 0. The molecule has 7 nitrogen and oxygen atoms in total. The fraction of sp³-hybridized carbons (Fsp3) is 0.750. The van der Waals surface area contributed by atoms with E-state index >= 15 is 0 Å². The maximum absolute atomic E-state index is 12.7. The standard InChI is InChI=1S/C20H29N3O4/c1-2-15-12-17(27-21-15)19(25)22-9-7-20(8-10-22)6-5-18(24)23(14-20)13-16-4-3-11-26-16/h12,16H,2-11,13-14H2,1H3/t16-/m1/s1. The molecule has 0 aromatic carbocycles. The predicted molar refractivity (Wildman–Crippen MR) is 98.2 cm³/mol. The second-order valence-electron chi connectivity index (χ2n) is 8.24. The molecule has 148 valence electrons. The molecule has 0 bridgehead atoms. The zero-order valence-electron chi connectivity index (χ0n) is 16.1. The van der Waals surface area contributed by atoms with Gasteiger partial charge in [-0.05, 0) is 43.9 Å². The van der Waals surface area contributed by atoms with Crippen molar-refractivity contribution in [2.24, 2.45) is 5.41 Å². The molecule has 27 heavy (non-hydrogen) atoms. The molecule has 1 aromatic heterocycles. The maximum atomic E-state index is 12.7. The maximum Gasteiger partial charge on any atom is 0.292 e. The predicted octanol–water partition coefficient (Wildman–Crippen LogP) is 2.26. The van der Waals surface area contributed by atoms with E-state index in [4.69, 9.17) is 9.26 Å². The van der Waals surface area contributed by atoms with Crippen LogP contribution < -0.4 is 0 Å². The molecule has 1 aromatic rings. The van der Waals surface area contributed by atoms with Crippen LogP contribution in [0.1, 0.15) is 61.7 Å². The Labute approximate surface area is 160 Å². The molecule has 4 rings (SSSR count). The molecule has 3 aliphatic heterocycles. The van der Waals surface area contributed by atoms with E-state index in [-0.39, 0.29) is 23.3 Å². The molecule has 3 saturated heterocycles. The molecule has 2 amide bonds. The summed E-state index contributed by atoms with van der Waals surface area (Å²) >= 11 is 0. The Bertz CT molecular complexity index is 687. The van der Waals surface area contributed by atoms with Crippen molar-refractivity contribution in [2.45, 2.75) is 58.0 Å². The molecule has 0 N–H and O–H groups in total. The second kappa shape index (κ2) is 7.62. The minimum atomic E-state index is -0.0693. The van der Waals surface area contributed by atoms with E-state index in [1.54, 1.807) is 6.07 Å². The first-order chi connectivity index (χ1) is 13.1. The van der Waals surface area contributed by atoms with E-state index < -0.39 is 0 Å². The van der Waals surface area contributed by atoms with E-state index in [2.05, 4.69) is 5.16 Å². The van der Waals surface area contributed by atoms with Crippen molar-refractivity contribution >= 4 is 11.8 Å². The Morgan fingerprint density at radius 2 is 2.15 bits per heavy atom. The number of ether oxygens (including phenoxy) is 1. The zero-order chi connectivity index (χ0) is 18.9. The van der Waals surface area contributed by atoms with Gasteiger partial charge in [-0.1, -0.05) is 12.1 Å². The SMILES string of the molecule is CCc1cc(C(=O)N2CCC3(CCC(=O)N(C[C@H]4CCCO4)C3)CC2)on1. The third-order valence-electron chi connectivity index (χ3n) is 6.44. The number of carbonyl (C=O) groups is 2.